The number of benzene rings is 1. The van der Waals surface area contributed by atoms with Gasteiger partial charge in [0.25, 0.3) is 0 Å². The maximum absolute atomic E-state index is 5.45. The van der Waals surface area contributed by atoms with Crippen molar-refractivity contribution in [3.63, 3.8) is 0 Å². The van der Waals surface area contributed by atoms with Crippen molar-refractivity contribution in [3.05, 3.63) is 23.8 Å². The van der Waals surface area contributed by atoms with Gasteiger partial charge < -0.3 is 25.0 Å². The summed E-state index contributed by atoms with van der Waals surface area (Å²) >= 11 is 0. The van der Waals surface area contributed by atoms with Crippen LogP contribution in [0, 0.1) is 11.8 Å². The Hall–Kier alpha value is -1.95. The van der Waals surface area contributed by atoms with Gasteiger partial charge in [-0.3, -0.25) is 4.99 Å². The van der Waals surface area contributed by atoms with E-state index in [4.69, 9.17) is 9.47 Å². The summed E-state index contributed by atoms with van der Waals surface area (Å²) in [6, 6.07) is 5.84. The normalized spacial score (nSPS) is 21.3. The second-order valence-electron chi connectivity index (χ2n) is 7.24. The molecule has 0 spiro atoms. The van der Waals surface area contributed by atoms with Gasteiger partial charge in [-0.15, -0.1) is 0 Å². The molecule has 1 aliphatic rings. The Morgan fingerprint density at radius 3 is 2.50 bits per heavy atom. The van der Waals surface area contributed by atoms with Gasteiger partial charge in [0.15, 0.2) is 5.96 Å². The highest BCUT2D eigenvalue weighted by Crippen LogP contribution is 2.24. The highest BCUT2D eigenvalue weighted by molar-refractivity contribution is 5.79. The molecule has 1 heterocycles. The molecule has 0 saturated carbocycles. The van der Waals surface area contributed by atoms with Crippen molar-refractivity contribution in [1.82, 2.24) is 15.5 Å². The molecule has 1 aromatic carbocycles. The van der Waals surface area contributed by atoms with Crippen molar-refractivity contribution in [3.8, 4) is 11.5 Å². The fraction of sp³-hybridized carbons (Fsp3) is 0.650. The fourth-order valence-corrected chi connectivity index (χ4v) is 3.70. The summed E-state index contributed by atoms with van der Waals surface area (Å²) in [5.74, 6) is 3.99. The molecule has 6 heteroatoms. The number of aliphatic imine (C=N–C) groups is 1. The molecule has 2 N–H and O–H groups in total. The van der Waals surface area contributed by atoms with Crippen molar-refractivity contribution in [1.29, 1.82) is 0 Å². The van der Waals surface area contributed by atoms with Gasteiger partial charge in [-0.2, -0.15) is 0 Å². The van der Waals surface area contributed by atoms with E-state index in [9.17, 15) is 0 Å². The Labute approximate surface area is 158 Å². The van der Waals surface area contributed by atoms with Crippen LogP contribution in [-0.2, 0) is 6.54 Å². The van der Waals surface area contributed by atoms with Crippen molar-refractivity contribution >= 4 is 5.96 Å². The minimum atomic E-state index is 0.643. The van der Waals surface area contributed by atoms with Gasteiger partial charge >= 0.3 is 0 Å². The van der Waals surface area contributed by atoms with E-state index in [0.29, 0.717) is 6.54 Å². The van der Waals surface area contributed by atoms with Gasteiger partial charge in [-0.05, 0) is 30.4 Å². The number of piperidine rings is 1. The van der Waals surface area contributed by atoms with Crippen molar-refractivity contribution < 1.29 is 9.47 Å². The van der Waals surface area contributed by atoms with E-state index in [-0.39, 0.29) is 0 Å². The largest absolute Gasteiger partial charge is 0.497 e. The van der Waals surface area contributed by atoms with E-state index in [1.807, 2.05) is 18.2 Å². The summed E-state index contributed by atoms with van der Waals surface area (Å²) in [6.07, 6.45) is 1.34. The van der Waals surface area contributed by atoms with Crippen molar-refractivity contribution in [2.24, 2.45) is 16.8 Å². The topological polar surface area (TPSA) is 58.1 Å². The molecule has 2 unspecified atom stereocenters. The number of hydrogen-bond donors (Lipinski definition) is 2. The number of guanidine groups is 1. The highest BCUT2D eigenvalue weighted by Gasteiger charge is 2.21. The van der Waals surface area contributed by atoms with Crippen LogP contribution in [0.15, 0.2) is 23.2 Å². The van der Waals surface area contributed by atoms with Crippen LogP contribution in [0.1, 0.15) is 25.8 Å². The number of nitrogens with one attached hydrogen (secondary N) is 2. The Kier molecular flexibility index (Phi) is 8.04. The van der Waals surface area contributed by atoms with Crippen LogP contribution >= 0.6 is 0 Å². The molecule has 0 aliphatic carbocycles. The first kappa shape index (κ1) is 20.4. The lowest BCUT2D eigenvalue weighted by atomic mass is 9.92. The van der Waals surface area contributed by atoms with Gasteiger partial charge in [0.2, 0.25) is 0 Å². The number of nitrogens with zero attached hydrogens (tertiary/aromatic N) is 2. The summed E-state index contributed by atoms with van der Waals surface area (Å²) in [4.78, 5) is 6.86. The first-order valence-corrected chi connectivity index (χ1v) is 9.43. The van der Waals surface area contributed by atoms with Crippen LogP contribution in [0.4, 0.5) is 0 Å². The van der Waals surface area contributed by atoms with E-state index in [2.05, 4.69) is 34.4 Å². The van der Waals surface area contributed by atoms with Crippen molar-refractivity contribution in [2.75, 3.05) is 47.4 Å². The molecule has 0 aromatic heterocycles. The van der Waals surface area contributed by atoms with Crippen molar-refractivity contribution in [2.45, 2.75) is 26.8 Å². The minimum absolute atomic E-state index is 0.643. The van der Waals surface area contributed by atoms with Crippen LogP contribution in [0.2, 0.25) is 0 Å². The average Bonchev–Trinajstić information content (AvgIpc) is 2.63. The van der Waals surface area contributed by atoms with E-state index < -0.39 is 0 Å². The molecule has 2 atom stereocenters. The van der Waals surface area contributed by atoms with Crippen LogP contribution in [0.5, 0.6) is 11.5 Å². The number of rotatable bonds is 7. The predicted octanol–water partition coefficient (Wildman–Crippen LogP) is 2.35. The molecule has 0 bridgehead atoms. The first-order valence-electron chi connectivity index (χ1n) is 9.43. The Balaban J connectivity index is 1.79. The molecule has 1 aromatic rings. The number of ether oxygens (including phenoxy) is 2. The zero-order valence-electron chi connectivity index (χ0n) is 16.8. The molecule has 1 fully saturated rings. The van der Waals surface area contributed by atoms with Gasteiger partial charge in [0.05, 0.1) is 14.2 Å². The molecular weight excluding hydrogens is 328 g/mol. The quantitative estimate of drug-likeness (QED) is 0.576. The second-order valence-corrected chi connectivity index (χ2v) is 7.24. The standard InChI is InChI=1S/C20H34N4O2/c1-15-10-16(2)14-24(13-15)9-8-22-20(21-3)23-12-17-6-7-18(25-4)11-19(17)26-5/h6-7,11,15-16H,8-10,12-14H2,1-5H3,(H2,21,22,23). The van der Waals surface area contributed by atoms with Gasteiger partial charge in [0, 0.05) is 51.4 Å². The van der Waals surface area contributed by atoms with E-state index in [1.54, 1.807) is 21.3 Å². The van der Waals surface area contributed by atoms with Gasteiger partial charge in [0.1, 0.15) is 11.5 Å². The number of methoxy groups -OCH3 is 2. The Morgan fingerprint density at radius 1 is 1.15 bits per heavy atom. The summed E-state index contributed by atoms with van der Waals surface area (Å²) < 4.78 is 10.7. The lowest BCUT2D eigenvalue weighted by Crippen LogP contribution is -2.45. The Morgan fingerprint density at radius 2 is 1.88 bits per heavy atom. The summed E-state index contributed by atoms with van der Waals surface area (Å²) in [5.41, 5.74) is 1.06. The monoisotopic (exact) mass is 362 g/mol. The van der Waals surface area contributed by atoms with Crippen LogP contribution in [0.3, 0.4) is 0 Å². The van der Waals surface area contributed by atoms with E-state index in [0.717, 1.165) is 47.9 Å². The minimum Gasteiger partial charge on any atom is -0.497 e. The Bertz CT molecular complexity index is 581. The molecule has 0 radical (unpaired) electrons. The lowest BCUT2D eigenvalue weighted by Gasteiger charge is -2.35. The third-order valence-corrected chi connectivity index (χ3v) is 4.83. The smallest absolute Gasteiger partial charge is 0.191 e. The summed E-state index contributed by atoms with van der Waals surface area (Å²) in [6.45, 7) is 9.66. The molecule has 6 nitrogen and oxygen atoms in total. The third-order valence-electron chi connectivity index (χ3n) is 4.83. The van der Waals surface area contributed by atoms with Crippen LogP contribution in [0.25, 0.3) is 0 Å². The number of hydrogen-bond acceptors (Lipinski definition) is 4. The molecule has 1 saturated heterocycles. The van der Waals surface area contributed by atoms with E-state index in [1.165, 1.54) is 19.5 Å². The molecule has 2 rings (SSSR count). The molecule has 1 aliphatic heterocycles. The fourth-order valence-electron chi connectivity index (χ4n) is 3.70. The maximum Gasteiger partial charge on any atom is 0.191 e. The third kappa shape index (κ3) is 6.09. The number of likely N-dealkylation sites (tertiary alicyclic amines) is 1. The molecular formula is C20H34N4O2. The first-order chi connectivity index (χ1) is 12.5. The average molecular weight is 363 g/mol. The highest BCUT2D eigenvalue weighted by atomic mass is 16.5. The van der Waals surface area contributed by atoms with Crippen LogP contribution < -0.4 is 20.1 Å². The zero-order chi connectivity index (χ0) is 18.9. The SMILES string of the molecule is CN=C(NCCN1CC(C)CC(C)C1)NCc1ccc(OC)cc1OC. The summed E-state index contributed by atoms with van der Waals surface area (Å²) in [7, 11) is 5.12. The molecule has 26 heavy (non-hydrogen) atoms. The summed E-state index contributed by atoms with van der Waals surface area (Å²) in [5, 5.41) is 6.76. The van der Waals surface area contributed by atoms with Crippen LogP contribution in [-0.4, -0.2) is 58.3 Å². The molecule has 146 valence electrons. The van der Waals surface area contributed by atoms with Gasteiger partial charge in [-0.1, -0.05) is 13.8 Å². The van der Waals surface area contributed by atoms with Gasteiger partial charge in [-0.25, -0.2) is 0 Å². The predicted molar refractivity (Wildman–Crippen MR) is 107 cm³/mol. The lowest BCUT2D eigenvalue weighted by molar-refractivity contribution is 0.143. The molecule has 0 amide bonds. The zero-order valence-corrected chi connectivity index (χ0v) is 16.8. The van der Waals surface area contributed by atoms with E-state index >= 15 is 0 Å². The maximum atomic E-state index is 5.45. The second kappa shape index (κ2) is 10.3.